The number of nitrogens with zero attached hydrogens (tertiary/aromatic N) is 3. The molecular formula is C14H15BrN4O. The molecule has 2 aromatic heterocycles. The molecule has 1 saturated heterocycles. The molecule has 0 saturated carbocycles. The average Bonchev–Trinajstić information content (AvgIpc) is 2.48. The Morgan fingerprint density at radius 1 is 1.10 bits per heavy atom. The maximum atomic E-state index is 11.1. The third-order valence-electron chi connectivity index (χ3n) is 3.44. The van der Waals surface area contributed by atoms with E-state index in [2.05, 4.69) is 35.7 Å². The molecule has 0 aliphatic carbocycles. The Labute approximate surface area is 125 Å². The molecule has 1 aliphatic rings. The third kappa shape index (κ3) is 2.85. The molecule has 1 N–H and O–H groups in total. The first-order valence-electron chi connectivity index (χ1n) is 6.52. The fourth-order valence-electron chi connectivity index (χ4n) is 2.36. The van der Waals surface area contributed by atoms with Gasteiger partial charge in [-0.2, -0.15) is 0 Å². The van der Waals surface area contributed by atoms with Crippen molar-refractivity contribution in [2.24, 2.45) is 0 Å². The maximum absolute atomic E-state index is 11.1. The Balaban J connectivity index is 1.67. The lowest BCUT2D eigenvalue weighted by atomic mass is 10.2. The van der Waals surface area contributed by atoms with Gasteiger partial charge < -0.3 is 14.8 Å². The van der Waals surface area contributed by atoms with Crippen molar-refractivity contribution in [2.45, 2.75) is 0 Å². The third-order valence-corrected chi connectivity index (χ3v) is 3.94. The van der Waals surface area contributed by atoms with E-state index in [1.165, 1.54) is 0 Å². The van der Waals surface area contributed by atoms with Crippen molar-refractivity contribution in [1.82, 2.24) is 9.97 Å². The van der Waals surface area contributed by atoms with Gasteiger partial charge in [0.1, 0.15) is 5.82 Å². The van der Waals surface area contributed by atoms with Crippen LogP contribution < -0.4 is 15.4 Å². The molecule has 0 bridgehead atoms. The van der Waals surface area contributed by atoms with Gasteiger partial charge in [0.25, 0.3) is 0 Å². The van der Waals surface area contributed by atoms with Gasteiger partial charge in [0.2, 0.25) is 5.56 Å². The van der Waals surface area contributed by atoms with Crippen molar-refractivity contribution in [2.75, 3.05) is 36.0 Å². The highest BCUT2D eigenvalue weighted by Crippen LogP contribution is 2.20. The summed E-state index contributed by atoms with van der Waals surface area (Å²) in [6.07, 6.45) is 3.59. The molecule has 5 nitrogen and oxygen atoms in total. The number of H-pyrrole nitrogens is 1. The van der Waals surface area contributed by atoms with Crippen LogP contribution in [0.4, 0.5) is 11.5 Å². The fraction of sp³-hybridized carbons (Fsp3) is 0.286. The van der Waals surface area contributed by atoms with Crippen molar-refractivity contribution in [3.63, 3.8) is 0 Å². The SMILES string of the molecule is O=c1ccc(N2CCN(c3cc(Br)ccn3)CC2)c[nH]1. The molecule has 0 aromatic carbocycles. The van der Waals surface area contributed by atoms with Crippen molar-refractivity contribution < 1.29 is 0 Å². The Hall–Kier alpha value is -1.82. The summed E-state index contributed by atoms with van der Waals surface area (Å²) >= 11 is 3.47. The molecule has 3 heterocycles. The Kier molecular flexibility index (Phi) is 3.73. The lowest BCUT2D eigenvalue weighted by Crippen LogP contribution is -2.47. The van der Waals surface area contributed by atoms with Gasteiger partial charge in [-0.3, -0.25) is 4.79 Å². The number of anilines is 2. The van der Waals surface area contributed by atoms with Gasteiger partial charge in [-0.25, -0.2) is 4.98 Å². The smallest absolute Gasteiger partial charge is 0.248 e. The van der Waals surface area contributed by atoms with E-state index in [4.69, 9.17) is 0 Å². The average molecular weight is 335 g/mol. The Morgan fingerprint density at radius 3 is 2.50 bits per heavy atom. The lowest BCUT2D eigenvalue weighted by molar-refractivity contribution is 0.646. The molecule has 0 atom stereocenters. The van der Waals surface area contributed by atoms with Gasteiger partial charge in [0, 0.05) is 49.1 Å². The van der Waals surface area contributed by atoms with Crippen molar-refractivity contribution in [3.8, 4) is 0 Å². The molecule has 20 heavy (non-hydrogen) atoms. The molecule has 2 aromatic rings. The predicted octanol–water partition coefficient (Wildman–Crippen LogP) is 1.86. The summed E-state index contributed by atoms with van der Waals surface area (Å²) in [4.78, 5) is 22.7. The molecule has 0 amide bonds. The van der Waals surface area contributed by atoms with Crippen LogP contribution >= 0.6 is 15.9 Å². The topological polar surface area (TPSA) is 52.2 Å². The first kappa shape index (κ1) is 13.2. The van der Waals surface area contributed by atoms with Crippen LogP contribution in [0.3, 0.4) is 0 Å². The van der Waals surface area contributed by atoms with E-state index in [1.54, 1.807) is 12.3 Å². The standard InChI is InChI=1S/C14H15BrN4O/c15-11-3-4-16-13(9-11)19-7-5-18(6-8-19)12-1-2-14(20)17-10-12/h1-4,9-10H,5-8H2,(H,17,20). The molecule has 104 valence electrons. The van der Waals surface area contributed by atoms with E-state index in [0.29, 0.717) is 0 Å². The minimum absolute atomic E-state index is 0.0641. The number of halogens is 1. The number of hydrogen-bond acceptors (Lipinski definition) is 4. The van der Waals surface area contributed by atoms with E-state index in [1.807, 2.05) is 24.4 Å². The summed E-state index contributed by atoms with van der Waals surface area (Å²) in [6.45, 7) is 3.67. The van der Waals surface area contributed by atoms with Crippen LogP contribution in [0.2, 0.25) is 0 Å². The highest BCUT2D eigenvalue weighted by Gasteiger charge is 2.18. The summed E-state index contributed by atoms with van der Waals surface area (Å²) in [5.74, 6) is 1.00. The zero-order valence-corrected chi connectivity index (χ0v) is 12.5. The Morgan fingerprint density at radius 2 is 1.85 bits per heavy atom. The summed E-state index contributed by atoms with van der Waals surface area (Å²) in [5, 5.41) is 0. The molecule has 6 heteroatoms. The van der Waals surface area contributed by atoms with Gasteiger partial charge in [-0.1, -0.05) is 15.9 Å². The summed E-state index contributed by atoms with van der Waals surface area (Å²) < 4.78 is 1.05. The number of hydrogen-bond donors (Lipinski definition) is 1. The van der Waals surface area contributed by atoms with Gasteiger partial charge in [0.05, 0.1) is 5.69 Å². The van der Waals surface area contributed by atoms with E-state index < -0.39 is 0 Å². The van der Waals surface area contributed by atoms with Gasteiger partial charge in [-0.15, -0.1) is 0 Å². The van der Waals surface area contributed by atoms with Crippen LogP contribution in [-0.2, 0) is 0 Å². The normalized spacial score (nSPS) is 15.4. The highest BCUT2D eigenvalue weighted by atomic mass is 79.9. The minimum Gasteiger partial charge on any atom is -0.367 e. The van der Waals surface area contributed by atoms with E-state index in [-0.39, 0.29) is 5.56 Å². The zero-order chi connectivity index (χ0) is 13.9. The quantitative estimate of drug-likeness (QED) is 0.910. The van der Waals surface area contributed by atoms with Gasteiger partial charge >= 0.3 is 0 Å². The summed E-state index contributed by atoms with van der Waals surface area (Å²) in [6, 6.07) is 7.40. The molecular weight excluding hydrogens is 320 g/mol. The molecule has 1 aliphatic heterocycles. The summed E-state index contributed by atoms with van der Waals surface area (Å²) in [7, 11) is 0. The van der Waals surface area contributed by atoms with Crippen molar-refractivity contribution >= 4 is 27.4 Å². The van der Waals surface area contributed by atoms with E-state index in [9.17, 15) is 4.79 Å². The number of piperazine rings is 1. The first-order valence-corrected chi connectivity index (χ1v) is 7.32. The first-order chi connectivity index (χ1) is 9.72. The number of pyridine rings is 2. The highest BCUT2D eigenvalue weighted by molar-refractivity contribution is 9.10. The largest absolute Gasteiger partial charge is 0.367 e. The van der Waals surface area contributed by atoms with E-state index in [0.717, 1.165) is 42.2 Å². The molecule has 0 radical (unpaired) electrons. The van der Waals surface area contributed by atoms with Gasteiger partial charge in [-0.05, 0) is 18.2 Å². The van der Waals surface area contributed by atoms with Crippen LogP contribution in [0.15, 0.2) is 45.9 Å². The Bertz CT molecular complexity index is 629. The van der Waals surface area contributed by atoms with E-state index >= 15 is 0 Å². The molecule has 1 fully saturated rings. The summed E-state index contributed by atoms with van der Waals surface area (Å²) in [5.41, 5.74) is 0.997. The second kappa shape index (κ2) is 5.66. The number of nitrogens with one attached hydrogen (secondary N) is 1. The van der Waals surface area contributed by atoms with Crippen LogP contribution in [0.5, 0.6) is 0 Å². The molecule has 0 unspecified atom stereocenters. The van der Waals surface area contributed by atoms with Crippen LogP contribution in [0.25, 0.3) is 0 Å². The lowest BCUT2D eigenvalue weighted by Gasteiger charge is -2.36. The van der Waals surface area contributed by atoms with Gasteiger partial charge in [0.15, 0.2) is 0 Å². The minimum atomic E-state index is -0.0641. The van der Waals surface area contributed by atoms with Crippen LogP contribution in [0, 0.1) is 0 Å². The number of rotatable bonds is 2. The monoisotopic (exact) mass is 334 g/mol. The molecule has 3 rings (SSSR count). The molecule has 0 spiro atoms. The van der Waals surface area contributed by atoms with Crippen LogP contribution in [-0.4, -0.2) is 36.1 Å². The second-order valence-corrected chi connectivity index (χ2v) is 5.63. The zero-order valence-electron chi connectivity index (χ0n) is 10.9. The number of aromatic amines is 1. The maximum Gasteiger partial charge on any atom is 0.248 e. The fourth-order valence-corrected chi connectivity index (χ4v) is 2.68. The van der Waals surface area contributed by atoms with Crippen LogP contribution in [0.1, 0.15) is 0 Å². The van der Waals surface area contributed by atoms with Crippen molar-refractivity contribution in [3.05, 3.63) is 51.5 Å². The van der Waals surface area contributed by atoms with Crippen molar-refractivity contribution in [1.29, 1.82) is 0 Å². The predicted molar refractivity (Wildman–Crippen MR) is 83.4 cm³/mol. The second-order valence-electron chi connectivity index (χ2n) is 4.72. The number of aromatic nitrogens is 2.